The SMILES string of the molecule is CC1(c2nc(Cl)c(Br)c(-c3ccccc3)n2)CCCCO1. The van der Waals surface area contributed by atoms with Gasteiger partial charge in [-0.2, -0.15) is 0 Å². The molecule has 1 atom stereocenters. The molecule has 1 aromatic carbocycles. The van der Waals surface area contributed by atoms with E-state index in [4.69, 9.17) is 21.3 Å². The van der Waals surface area contributed by atoms with Crippen molar-refractivity contribution >= 4 is 27.5 Å². The summed E-state index contributed by atoms with van der Waals surface area (Å²) in [5, 5.41) is 0.425. The van der Waals surface area contributed by atoms with Crippen molar-refractivity contribution in [2.24, 2.45) is 0 Å². The molecule has 0 aliphatic carbocycles. The molecule has 1 unspecified atom stereocenters. The predicted octanol–water partition coefficient (Wildman–Crippen LogP) is 4.98. The number of nitrogens with zero attached hydrogens (tertiary/aromatic N) is 2. The summed E-state index contributed by atoms with van der Waals surface area (Å²) < 4.78 is 6.66. The summed E-state index contributed by atoms with van der Waals surface area (Å²) in [7, 11) is 0. The van der Waals surface area contributed by atoms with Gasteiger partial charge in [0.1, 0.15) is 10.8 Å². The van der Waals surface area contributed by atoms with E-state index in [9.17, 15) is 0 Å². The Kier molecular flexibility index (Phi) is 4.29. The van der Waals surface area contributed by atoms with Gasteiger partial charge in [-0.05, 0) is 42.1 Å². The van der Waals surface area contributed by atoms with E-state index in [1.165, 1.54) is 0 Å². The molecule has 0 bridgehead atoms. The van der Waals surface area contributed by atoms with Gasteiger partial charge in [0.15, 0.2) is 5.82 Å². The molecule has 2 aromatic rings. The van der Waals surface area contributed by atoms with Crippen molar-refractivity contribution in [3.63, 3.8) is 0 Å². The summed E-state index contributed by atoms with van der Waals surface area (Å²) >= 11 is 9.79. The lowest BCUT2D eigenvalue weighted by atomic mass is 9.95. The summed E-state index contributed by atoms with van der Waals surface area (Å²) in [6.07, 6.45) is 3.12. The maximum Gasteiger partial charge on any atom is 0.162 e. The highest BCUT2D eigenvalue weighted by Gasteiger charge is 2.34. The maximum absolute atomic E-state index is 6.30. The first kappa shape index (κ1) is 14.9. The molecular weight excluding hydrogens is 352 g/mol. The number of ether oxygens (including phenoxy) is 1. The van der Waals surface area contributed by atoms with Gasteiger partial charge in [0, 0.05) is 12.2 Å². The molecule has 3 rings (SSSR count). The van der Waals surface area contributed by atoms with Crippen LogP contribution in [0.2, 0.25) is 5.15 Å². The van der Waals surface area contributed by atoms with Crippen molar-refractivity contribution in [2.75, 3.05) is 6.61 Å². The Labute approximate surface area is 137 Å². The van der Waals surface area contributed by atoms with E-state index in [1.54, 1.807) is 0 Å². The van der Waals surface area contributed by atoms with Crippen LogP contribution in [0, 0.1) is 0 Å². The van der Waals surface area contributed by atoms with Crippen LogP contribution in [0.15, 0.2) is 34.8 Å². The van der Waals surface area contributed by atoms with Crippen molar-refractivity contribution in [1.82, 2.24) is 9.97 Å². The molecule has 0 radical (unpaired) electrons. The highest BCUT2D eigenvalue weighted by Crippen LogP contribution is 2.37. The zero-order valence-corrected chi connectivity index (χ0v) is 14.1. The fraction of sp³-hybridized carbons (Fsp3) is 0.375. The molecule has 0 amide bonds. The lowest BCUT2D eigenvalue weighted by Crippen LogP contribution is -2.32. The summed E-state index contributed by atoms with van der Waals surface area (Å²) in [6, 6.07) is 9.97. The van der Waals surface area contributed by atoms with Gasteiger partial charge in [-0.25, -0.2) is 9.97 Å². The van der Waals surface area contributed by atoms with Crippen molar-refractivity contribution in [1.29, 1.82) is 0 Å². The molecule has 0 spiro atoms. The molecule has 1 aromatic heterocycles. The minimum Gasteiger partial charge on any atom is -0.367 e. The number of aromatic nitrogens is 2. The molecule has 110 valence electrons. The Bertz CT molecular complexity index is 642. The average molecular weight is 368 g/mol. The quantitative estimate of drug-likeness (QED) is 0.703. The standard InChI is InChI=1S/C16H16BrClN2O/c1-16(9-5-6-10-21-16)15-19-13(12(17)14(18)20-15)11-7-3-2-4-8-11/h2-4,7-8H,5-6,9-10H2,1H3. The first-order chi connectivity index (χ1) is 10.1. The first-order valence-electron chi connectivity index (χ1n) is 7.03. The van der Waals surface area contributed by atoms with Crippen LogP contribution in [0.4, 0.5) is 0 Å². The molecule has 2 heterocycles. The van der Waals surface area contributed by atoms with Gasteiger partial charge in [-0.15, -0.1) is 0 Å². The highest BCUT2D eigenvalue weighted by molar-refractivity contribution is 9.10. The maximum atomic E-state index is 6.30. The number of rotatable bonds is 2. The molecule has 0 saturated carbocycles. The molecule has 1 aliphatic heterocycles. The van der Waals surface area contributed by atoms with Crippen LogP contribution in [0.25, 0.3) is 11.3 Å². The fourth-order valence-electron chi connectivity index (χ4n) is 2.55. The molecule has 1 aliphatic rings. The fourth-order valence-corrected chi connectivity index (χ4v) is 3.13. The minimum atomic E-state index is -0.452. The van der Waals surface area contributed by atoms with E-state index in [0.29, 0.717) is 11.0 Å². The molecular formula is C16H16BrClN2O. The smallest absolute Gasteiger partial charge is 0.162 e. The van der Waals surface area contributed by atoms with Crippen LogP contribution in [-0.2, 0) is 10.3 Å². The lowest BCUT2D eigenvalue weighted by Gasteiger charge is -2.32. The van der Waals surface area contributed by atoms with Crippen molar-refractivity contribution < 1.29 is 4.74 Å². The Morgan fingerprint density at radius 1 is 1.19 bits per heavy atom. The topological polar surface area (TPSA) is 35.0 Å². The third-order valence-electron chi connectivity index (χ3n) is 3.80. The van der Waals surface area contributed by atoms with Gasteiger partial charge < -0.3 is 4.74 Å². The first-order valence-corrected chi connectivity index (χ1v) is 8.20. The molecule has 1 saturated heterocycles. The number of hydrogen-bond donors (Lipinski definition) is 0. The second-order valence-corrected chi connectivity index (χ2v) is 6.55. The minimum absolute atomic E-state index is 0.425. The average Bonchev–Trinajstić information content (AvgIpc) is 2.51. The monoisotopic (exact) mass is 366 g/mol. The van der Waals surface area contributed by atoms with Gasteiger partial charge in [0.25, 0.3) is 0 Å². The molecule has 0 N–H and O–H groups in total. The van der Waals surface area contributed by atoms with Gasteiger partial charge in [0.2, 0.25) is 0 Å². The Balaban J connectivity index is 2.10. The summed E-state index contributed by atoms with van der Waals surface area (Å²) in [6.45, 7) is 2.79. The molecule has 5 heteroatoms. The van der Waals surface area contributed by atoms with Crippen LogP contribution >= 0.6 is 27.5 Å². The predicted molar refractivity (Wildman–Crippen MR) is 87.3 cm³/mol. The summed E-state index contributed by atoms with van der Waals surface area (Å²) in [5.74, 6) is 0.661. The van der Waals surface area contributed by atoms with Gasteiger partial charge in [-0.3, -0.25) is 0 Å². The van der Waals surface area contributed by atoms with Crippen LogP contribution in [0.3, 0.4) is 0 Å². The summed E-state index contributed by atoms with van der Waals surface area (Å²) in [5.41, 5.74) is 1.36. The van der Waals surface area contributed by atoms with Crippen LogP contribution < -0.4 is 0 Å². The molecule has 1 fully saturated rings. The third-order valence-corrected chi connectivity index (χ3v) is 5.05. The van der Waals surface area contributed by atoms with Gasteiger partial charge in [0.05, 0.1) is 10.2 Å². The summed E-state index contributed by atoms with van der Waals surface area (Å²) in [4.78, 5) is 9.17. The van der Waals surface area contributed by atoms with Crippen LogP contribution in [0.1, 0.15) is 32.0 Å². The molecule has 21 heavy (non-hydrogen) atoms. The second kappa shape index (κ2) is 6.03. The van der Waals surface area contributed by atoms with Gasteiger partial charge >= 0.3 is 0 Å². The van der Waals surface area contributed by atoms with E-state index in [1.807, 2.05) is 37.3 Å². The third kappa shape index (κ3) is 2.98. The number of halogens is 2. The largest absolute Gasteiger partial charge is 0.367 e. The van der Waals surface area contributed by atoms with E-state index >= 15 is 0 Å². The zero-order chi connectivity index (χ0) is 14.9. The van der Waals surface area contributed by atoms with Crippen LogP contribution in [-0.4, -0.2) is 16.6 Å². The van der Waals surface area contributed by atoms with E-state index in [2.05, 4.69) is 20.9 Å². The lowest BCUT2D eigenvalue weighted by molar-refractivity contribution is -0.0760. The van der Waals surface area contributed by atoms with Gasteiger partial charge in [-0.1, -0.05) is 41.9 Å². The van der Waals surface area contributed by atoms with E-state index in [0.717, 1.165) is 41.6 Å². The van der Waals surface area contributed by atoms with E-state index in [-0.39, 0.29) is 0 Å². The number of hydrogen-bond acceptors (Lipinski definition) is 3. The molecule has 3 nitrogen and oxygen atoms in total. The Hall–Kier alpha value is -0.970. The second-order valence-electron chi connectivity index (χ2n) is 5.40. The normalized spacial score (nSPS) is 22.2. The zero-order valence-electron chi connectivity index (χ0n) is 11.8. The van der Waals surface area contributed by atoms with E-state index < -0.39 is 5.60 Å². The van der Waals surface area contributed by atoms with Crippen molar-refractivity contribution in [3.05, 3.63) is 45.8 Å². The Morgan fingerprint density at radius 2 is 1.95 bits per heavy atom. The Morgan fingerprint density at radius 3 is 2.62 bits per heavy atom. The number of benzene rings is 1. The van der Waals surface area contributed by atoms with Crippen molar-refractivity contribution in [3.8, 4) is 11.3 Å². The highest BCUT2D eigenvalue weighted by atomic mass is 79.9. The van der Waals surface area contributed by atoms with Crippen LogP contribution in [0.5, 0.6) is 0 Å². The van der Waals surface area contributed by atoms with Crippen molar-refractivity contribution in [2.45, 2.75) is 31.8 Å².